The first-order valence-electron chi connectivity index (χ1n) is 4.38. The van der Waals surface area contributed by atoms with Crippen molar-refractivity contribution < 1.29 is 5.11 Å². The van der Waals surface area contributed by atoms with Crippen molar-refractivity contribution in [2.45, 2.75) is 31.9 Å². The van der Waals surface area contributed by atoms with E-state index in [1.54, 1.807) is 11.8 Å². The molecule has 0 aliphatic rings. The number of aliphatic hydroxyl groups is 1. The molecule has 1 unspecified atom stereocenters. The second-order valence-electron chi connectivity index (χ2n) is 3.37. The molecule has 1 heterocycles. The van der Waals surface area contributed by atoms with E-state index in [2.05, 4.69) is 24.7 Å². The SMILES string of the molecule is CSc1c(C)c(C(C)O)c(C)n1C. The number of hydrogen-bond donors (Lipinski definition) is 1. The topological polar surface area (TPSA) is 25.2 Å². The van der Waals surface area contributed by atoms with Crippen LogP contribution in [0.25, 0.3) is 0 Å². The quantitative estimate of drug-likeness (QED) is 0.740. The van der Waals surface area contributed by atoms with Crippen LogP contribution in [0.1, 0.15) is 29.8 Å². The summed E-state index contributed by atoms with van der Waals surface area (Å²) < 4.78 is 2.14. The largest absolute Gasteiger partial charge is 0.389 e. The van der Waals surface area contributed by atoms with Gasteiger partial charge in [0.2, 0.25) is 0 Å². The molecular formula is C10H17NOS. The third-order valence-electron chi connectivity index (χ3n) is 2.53. The Kier molecular flexibility index (Phi) is 3.09. The molecule has 1 N–H and O–H groups in total. The Hall–Kier alpha value is -0.410. The standard InChI is InChI=1S/C10H17NOS/c1-6-9(8(3)12)7(2)11(4)10(6)13-5/h8,12H,1-5H3. The number of aliphatic hydroxyl groups excluding tert-OH is 1. The molecule has 0 aliphatic heterocycles. The van der Waals surface area contributed by atoms with Crippen LogP contribution in [-0.4, -0.2) is 15.9 Å². The highest BCUT2D eigenvalue weighted by atomic mass is 32.2. The van der Waals surface area contributed by atoms with Gasteiger partial charge in [-0.05, 0) is 32.6 Å². The molecule has 0 saturated carbocycles. The Morgan fingerprint density at radius 3 is 2.15 bits per heavy atom. The molecule has 0 aromatic carbocycles. The van der Waals surface area contributed by atoms with Crippen molar-refractivity contribution in [3.63, 3.8) is 0 Å². The normalized spacial score (nSPS) is 13.4. The highest BCUT2D eigenvalue weighted by Gasteiger charge is 2.17. The van der Waals surface area contributed by atoms with E-state index in [1.807, 2.05) is 14.0 Å². The first kappa shape index (κ1) is 10.7. The summed E-state index contributed by atoms with van der Waals surface area (Å²) in [6.07, 6.45) is 1.69. The van der Waals surface area contributed by atoms with Gasteiger partial charge < -0.3 is 9.67 Å². The average Bonchev–Trinajstić information content (AvgIpc) is 2.24. The Bertz CT molecular complexity index is 315. The van der Waals surface area contributed by atoms with Gasteiger partial charge in [0.15, 0.2) is 0 Å². The van der Waals surface area contributed by atoms with Crippen molar-refractivity contribution in [3.05, 3.63) is 16.8 Å². The summed E-state index contributed by atoms with van der Waals surface area (Å²) in [5.41, 5.74) is 3.45. The van der Waals surface area contributed by atoms with Crippen LogP contribution in [0.5, 0.6) is 0 Å². The Morgan fingerprint density at radius 2 is 1.92 bits per heavy atom. The molecule has 74 valence electrons. The fraction of sp³-hybridized carbons (Fsp3) is 0.600. The predicted octanol–water partition coefficient (Wildman–Crippen LogP) is 2.42. The van der Waals surface area contributed by atoms with Crippen molar-refractivity contribution >= 4 is 11.8 Å². The molecule has 0 spiro atoms. The van der Waals surface area contributed by atoms with Gasteiger partial charge in [-0.3, -0.25) is 0 Å². The molecule has 0 fully saturated rings. The van der Waals surface area contributed by atoms with Crippen molar-refractivity contribution in [3.8, 4) is 0 Å². The van der Waals surface area contributed by atoms with Gasteiger partial charge in [-0.1, -0.05) is 0 Å². The molecular weight excluding hydrogens is 182 g/mol. The van der Waals surface area contributed by atoms with Gasteiger partial charge in [-0.25, -0.2) is 0 Å². The fourth-order valence-corrected chi connectivity index (χ4v) is 2.70. The van der Waals surface area contributed by atoms with Gasteiger partial charge in [-0.2, -0.15) is 0 Å². The van der Waals surface area contributed by atoms with Crippen LogP contribution in [0.3, 0.4) is 0 Å². The second kappa shape index (κ2) is 3.76. The van der Waals surface area contributed by atoms with Crippen LogP contribution in [0.4, 0.5) is 0 Å². The summed E-state index contributed by atoms with van der Waals surface area (Å²) in [5.74, 6) is 0. The first-order valence-corrected chi connectivity index (χ1v) is 5.61. The van der Waals surface area contributed by atoms with E-state index in [1.165, 1.54) is 10.6 Å². The van der Waals surface area contributed by atoms with Crippen molar-refractivity contribution in [1.82, 2.24) is 4.57 Å². The lowest BCUT2D eigenvalue weighted by Gasteiger charge is -2.05. The Balaban J connectivity index is 3.36. The summed E-state index contributed by atoms with van der Waals surface area (Å²) >= 11 is 1.73. The minimum atomic E-state index is -0.368. The maximum atomic E-state index is 9.60. The third-order valence-corrected chi connectivity index (χ3v) is 3.50. The van der Waals surface area contributed by atoms with E-state index in [9.17, 15) is 5.11 Å². The third kappa shape index (κ3) is 1.63. The fourth-order valence-electron chi connectivity index (χ4n) is 1.88. The highest BCUT2D eigenvalue weighted by molar-refractivity contribution is 7.98. The molecule has 1 rings (SSSR count). The molecule has 0 aliphatic carbocycles. The summed E-state index contributed by atoms with van der Waals surface area (Å²) in [5, 5.41) is 10.8. The van der Waals surface area contributed by atoms with Crippen LogP contribution < -0.4 is 0 Å². The number of rotatable bonds is 2. The molecule has 1 atom stereocenters. The molecule has 0 bridgehead atoms. The van der Waals surface area contributed by atoms with Crippen LogP contribution in [0.15, 0.2) is 5.03 Å². The maximum Gasteiger partial charge on any atom is 0.0782 e. The van der Waals surface area contributed by atoms with E-state index < -0.39 is 0 Å². The van der Waals surface area contributed by atoms with Crippen molar-refractivity contribution in [2.24, 2.45) is 7.05 Å². The molecule has 13 heavy (non-hydrogen) atoms. The number of aromatic nitrogens is 1. The van der Waals surface area contributed by atoms with Crippen LogP contribution in [0.2, 0.25) is 0 Å². The summed E-state index contributed by atoms with van der Waals surface area (Å²) in [7, 11) is 2.04. The zero-order valence-electron chi connectivity index (χ0n) is 8.88. The van der Waals surface area contributed by atoms with Gasteiger partial charge in [0.1, 0.15) is 0 Å². The summed E-state index contributed by atoms with van der Waals surface area (Å²) in [6, 6.07) is 0. The van der Waals surface area contributed by atoms with E-state index in [0.29, 0.717) is 0 Å². The minimum Gasteiger partial charge on any atom is -0.389 e. The maximum absolute atomic E-state index is 9.60. The molecule has 3 heteroatoms. The predicted molar refractivity (Wildman–Crippen MR) is 57.3 cm³/mol. The average molecular weight is 199 g/mol. The summed E-state index contributed by atoms with van der Waals surface area (Å²) in [6.45, 7) is 5.94. The zero-order valence-corrected chi connectivity index (χ0v) is 9.70. The molecule has 0 amide bonds. The number of nitrogens with zero attached hydrogens (tertiary/aromatic N) is 1. The van der Waals surface area contributed by atoms with Crippen LogP contribution in [0, 0.1) is 13.8 Å². The van der Waals surface area contributed by atoms with Crippen LogP contribution in [-0.2, 0) is 7.05 Å². The van der Waals surface area contributed by atoms with Gasteiger partial charge in [0.05, 0.1) is 11.1 Å². The summed E-state index contributed by atoms with van der Waals surface area (Å²) in [4.78, 5) is 0. The van der Waals surface area contributed by atoms with Gasteiger partial charge in [0, 0.05) is 18.3 Å². The molecule has 0 saturated heterocycles. The van der Waals surface area contributed by atoms with Crippen molar-refractivity contribution in [1.29, 1.82) is 0 Å². The molecule has 1 aromatic heterocycles. The smallest absolute Gasteiger partial charge is 0.0782 e. The molecule has 2 nitrogen and oxygen atoms in total. The van der Waals surface area contributed by atoms with E-state index in [0.717, 1.165) is 11.3 Å². The second-order valence-corrected chi connectivity index (χ2v) is 4.16. The molecule has 1 aromatic rings. The molecule has 0 radical (unpaired) electrons. The first-order chi connectivity index (χ1) is 6.00. The van der Waals surface area contributed by atoms with Gasteiger partial charge in [0.25, 0.3) is 0 Å². The lowest BCUT2D eigenvalue weighted by Crippen LogP contribution is -1.96. The highest BCUT2D eigenvalue weighted by Crippen LogP contribution is 2.31. The van der Waals surface area contributed by atoms with Crippen LogP contribution >= 0.6 is 11.8 Å². The zero-order chi connectivity index (χ0) is 10.2. The minimum absolute atomic E-state index is 0.368. The van der Waals surface area contributed by atoms with Gasteiger partial charge in [-0.15, -0.1) is 11.8 Å². The van der Waals surface area contributed by atoms with E-state index in [-0.39, 0.29) is 6.10 Å². The lowest BCUT2D eigenvalue weighted by atomic mass is 10.1. The Morgan fingerprint density at radius 1 is 1.38 bits per heavy atom. The monoisotopic (exact) mass is 199 g/mol. The Labute approximate surface area is 84.0 Å². The van der Waals surface area contributed by atoms with E-state index >= 15 is 0 Å². The number of thioether (sulfide) groups is 1. The van der Waals surface area contributed by atoms with Crippen molar-refractivity contribution in [2.75, 3.05) is 6.26 Å². The number of hydrogen-bond acceptors (Lipinski definition) is 2. The van der Waals surface area contributed by atoms with Gasteiger partial charge >= 0.3 is 0 Å². The van der Waals surface area contributed by atoms with E-state index in [4.69, 9.17) is 0 Å². The lowest BCUT2D eigenvalue weighted by molar-refractivity contribution is 0.197.